The Morgan fingerprint density at radius 1 is 1.21 bits per heavy atom. The number of hydrogen-bond acceptors (Lipinski definition) is 3. The molecule has 1 N–H and O–H groups in total. The normalized spacial score (nSPS) is 33.5. The Labute approximate surface area is 119 Å². The zero-order valence-corrected chi connectivity index (χ0v) is 13.4. The first-order chi connectivity index (χ1) is 8.97. The Kier molecular flexibility index (Phi) is 5.27. The summed E-state index contributed by atoms with van der Waals surface area (Å²) in [5, 5.41) is 3.78. The molecule has 3 nitrogen and oxygen atoms in total. The van der Waals surface area contributed by atoms with E-state index in [1.165, 1.54) is 51.9 Å². The molecule has 2 atom stereocenters. The zero-order chi connectivity index (χ0) is 13.9. The van der Waals surface area contributed by atoms with E-state index in [4.69, 9.17) is 0 Å². The summed E-state index contributed by atoms with van der Waals surface area (Å²) in [6.45, 7) is 13.1. The molecule has 112 valence electrons. The first kappa shape index (κ1) is 15.3. The lowest BCUT2D eigenvalue weighted by Gasteiger charge is -2.45. The van der Waals surface area contributed by atoms with Crippen molar-refractivity contribution >= 4 is 0 Å². The van der Waals surface area contributed by atoms with E-state index < -0.39 is 0 Å². The van der Waals surface area contributed by atoms with Gasteiger partial charge in [-0.25, -0.2) is 0 Å². The molecule has 0 aromatic carbocycles. The van der Waals surface area contributed by atoms with E-state index in [-0.39, 0.29) is 0 Å². The molecule has 1 aliphatic heterocycles. The molecule has 0 aromatic heterocycles. The number of nitrogens with zero attached hydrogens (tertiary/aromatic N) is 2. The molecule has 1 saturated carbocycles. The fourth-order valence-electron chi connectivity index (χ4n) is 3.58. The highest BCUT2D eigenvalue weighted by molar-refractivity contribution is 4.88. The summed E-state index contributed by atoms with van der Waals surface area (Å²) in [6.07, 6.45) is 5.62. The summed E-state index contributed by atoms with van der Waals surface area (Å²) < 4.78 is 0. The predicted molar refractivity (Wildman–Crippen MR) is 82.6 cm³/mol. The van der Waals surface area contributed by atoms with Crippen LogP contribution in [0.4, 0.5) is 0 Å². The average Bonchev–Trinajstić information content (AvgIpc) is 2.33. The van der Waals surface area contributed by atoms with E-state index in [1.54, 1.807) is 0 Å². The molecule has 0 bridgehead atoms. The van der Waals surface area contributed by atoms with E-state index in [0.717, 1.165) is 18.5 Å². The van der Waals surface area contributed by atoms with Gasteiger partial charge in [0, 0.05) is 44.3 Å². The van der Waals surface area contributed by atoms with Gasteiger partial charge in [0.15, 0.2) is 0 Å². The van der Waals surface area contributed by atoms with Crippen molar-refractivity contribution in [2.45, 2.75) is 58.0 Å². The summed E-state index contributed by atoms with van der Waals surface area (Å²) >= 11 is 0. The molecule has 19 heavy (non-hydrogen) atoms. The third-order valence-electron chi connectivity index (χ3n) is 5.19. The minimum atomic E-state index is 0.331. The van der Waals surface area contributed by atoms with Gasteiger partial charge in [-0.1, -0.05) is 19.8 Å². The lowest BCUT2D eigenvalue weighted by atomic mass is 9.87. The second kappa shape index (κ2) is 6.55. The van der Waals surface area contributed by atoms with Gasteiger partial charge >= 0.3 is 0 Å². The third-order valence-corrected chi connectivity index (χ3v) is 5.19. The molecule has 0 amide bonds. The van der Waals surface area contributed by atoms with E-state index in [1.807, 2.05) is 0 Å². The molecule has 0 spiro atoms. The lowest BCUT2D eigenvalue weighted by molar-refractivity contribution is 0.0401. The van der Waals surface area contributed by atoms with Gasteiger partial charge in [-0.05, 0) is 39.7 Å². The van der Waals surface area contributed by atoms with Crippen LogP contribution in [0.25, 0.3) is 0 Å². The minimum absolute atomic E-state index is 0.331. The van der Waals surface area contributed by atoms with Crippen molar-refractivity contribution in [1.29, 1.82) is 0 Å². The summed E-state index contributed by atoms with van der Waals surface area (Å²) in [6, 6.07) is 0.782. The Hall–Kier alpha value is -0.120. The quantitative estimate of drug-likeness (QED) is 0.842. The van der Waals surface area contributed by atoms with E-state index in [0.29, 0.717) is 5.54 Å². The largest absolute Gasteiger partial charge is 0.313 e. The van der Waals surface area contributed by atoms with Crippen molar-refractivity contribution in [3.05, 3.63) is 0 Å². The summed E-state index contributed by atoms with van der Waals surface area (Å²) in [4.78, 5) is 5.11. The Balaban J connectivity index is 1.66. The number of nitrogens with one attached hydrogen (secondary N) is 1. The topological polar surface area (TPSA) is 18.5 Å². The maximum Gasteiger partial charge on any atom is 0.0277 e. The molecule has 2 aliphatic rings. The fraction of sp³-hybridized carbons (Fsp3) is 1.00. The van der Waals surface area contributed by atoms with Crippen LogP contribution in [-0.4, -0.2) is 61.2 Å². The van der Waals surface area contributed by atoms with Gasteiger partial charge in [0.2, 0.25) is 0 Å². The van der Waals surface area contributed by atoms with E-state index in [2.05, 4.69) is 42.9 Å². The molecule has 1 aliphatic carbocycles. The number of piperazine rings is 1. The zero-order valence-electron chi connectivity index (χ0n) is 13.4. The molecule has 2 unspecified atom stereocenters. The predicted octanol–water partition coefficient (Wildman–Crippen LogP) is 2.18. The van der Waals surface area contributed by atoms with Gasteiger partial charge in [0.25, 0.3) is 0 Å². The smallest absolute Gasteiger partial charge is 0.0277 e. The second-order valence-corrected chi connectivity index (χ2v) is 7.43. The maximum absolute atomic E-state index is 3.78. The van der Waals surface area contributed by atoms with Gasteiger partial charge in [-0.3, -0.25) is 9.80 Å². The molecule has 1 saturated heterocycles. The first-order valence-corrected chi connectivity index (χ1v) is 8.14. The molecule has 0 radical (unpaired) electrons. The fourth-order valence-corrected chi connectivity index (χ4v) is 3.58. The standard InChI is InChI=1S/C16H33N3/c1-14-6-5-7-15(12-14)17-8-9-19-11-10-18(4)16(2,3)13-19/h14-15,17H,5-13H2,1-4H3. The third kappa shape index (κ3) is 4.44. The van der Waals surface area contributed by atoms with Crippen LogP contribution in [0, 0.1) is 5.92 Å². The molecule has 2 rings (SSSR count). The van der Waals surface area contributed by atoms with E-state index >= 15 is 0 Å². The van der Waals surface area contributed by atoms with Gasteiger partial charge in [-0.15, -0.1) is 0 Å². The number of likely N-dealkylation sites (N-methyl/N-ethyl adjacent to an activating group) is 1. The van der Waals surface area contributed by atoms with Gasteiger partial charge in [0.05, 0.1) is 0 Å². The van der Waals surface area contributed by atoms with Crippen LogP contribution < -0.4 is 5.32 Å². The van der Waals surface area contributed by atoms with Crippen molar-refractivity contribution in [3.63, 3.8) is 0 Å². The highest BCUT2D eigenvalue weighted by atomic mass is 15.3. The SMILES string of the molecule is CC1CCCC(NCCN2CCN(C)C(C)(C)C2)C1. The highest BCUT2D eigenvalue weighted by Crippen LogP contribution is 2.23. The number of hydrogen-bond donors (Lipinski definition) is 1. The monoisotopic (exact) mass is 267 g/mol. The second-order valence-electron chi connectivity index (χ2n) is 7.43. The van der Waals surface area contributed by atoms with Crippen molar-refractivity contribution < 1.29 is 0 Å². The van der Waals surface area contributed by atoms with Gasteiger partial charge < -0.3 is 5.32 Å². The lowest BCUT2D eigenvalue weighted by Crippen LogP contribution is -2.58. The highest BCUT2D eigenvalue weighted by Gasteiger charge is 2.30. The molecule has 0 aromatic rings. The summed E-state index contributed by atoms with van der Waals surface area (Å²) in [5.41, 5.74) is 0.331. The Bertz CT molecular complexity index is 277. The minimum Gasteiger partial charge on any atom is -0.313 e. The number of rotatable bonds is 4. The van der Waals surface area contributed by atoms with Crippen LogP contribution in [0.1, 0.15) is 46.5 Å². The Morgan fingerprint density at radius 2 is 2.00 bits per heavy atom. The van der Waals surface area contributed by atoms with Crippen LogP contribution in [0.5, 0.6) is 0 Å². The maximum atomic E-state index is 3.78. The van der Waals surface area contributed by atoms with Crippen LogP contribution in [0.3, 0.4) is 0 Å². The molecule has 1 heterocycles. The van der Waals surface area contributed by atoms with Crippen LogP contribution in [0.15, 0.2) is 0 Å². The molecular weight excluding hydrogens is 234 g/mol. The van der Waals surface area contributed by atoms with E-state index in [9.17, 15) is 0 Å². The Morgan fingerprint density at radius 3 is 2.68 bits per heavy atom. The molecule has 2 fully saturated rings. The first-order valence-electron chi connectivity index (χ1n) is 8.14. The average molecular weight is 267 g/mol. The van der Waals surface area contributed by atoms with Crippen LogP contribution in [0.2, 0.25) is 0 Å². The van der Waals surface area contributed by atoms with Crippen molar-refractivity contribution in [2.75, 3.05) is 39.8 Å². The van der Waals surface area contributed by atoms with Crippen LogP contribution >= 0.6 is 0 Å². The van der Waals surface area contributed by atoms with Crippen molar-refractivity contribution in [3.8, 4) is 0 Å². The van der Waals surface area contributed by atoms with Crippen molar-refractivity contribution in [1.82, 2.24) is 15.1 Å². The van der Waals surface area contributed by atoms with Crippen molar-refractivity contribution in [2.24, 2.45) is 5.92 Å². The summed E-state index contributed by atoms with van der Waals surface area (Å²) in [5.74, 6) is 0.925. The summed E-state index contributed by atoms with van der Waals surface area (Å²) in [7, 11) is 2.25. The molecular formula is C16H33N3. The molecule has 3 heteroatoms. The van der Waals surface area contributed by atoms with Gasteiger partial charge in [-0.2, -0.15) is 0 Å². The van der Waals surface area contributed by atoms with Gasteiger partial charge in [0.1, 0.15) is 0 Å². The van der Waals surface area contributed by atoms with Crippen LogP contribution in [-0.2, 0) is 0 Å².